The van der Waals surface area contributed by atoms with E-state index in [4.69, 9.17) is 0 Å². The smallest absolute Gasteiger partial charge is 0.191 e. The van der Waals surface area contributed by atoms with Gasteiger partial charge in [0.1, 0.15) is 0 Å². The molecule has 0 aromatic carbocycles. The Hall–Kier alpha value is -1.09. The summed E-state index contributed by atoms with van der Waals surface area (Å²) in [5.41, 5.74) is 0. The van der Waals surface area contributed by atoms with Crippen molar-refractivity contribution < 1.29 is 0 Å². The van der Waals surface area contributed by atoms with Gasteiger partial charge in [-0.05, 0) is 18.4 Å². The molecule has 7 heteroatoms. The molecule has 0 aliphatic heterocycles. The van der Waals surface area contributed by atoms with Crippen LogP contribution in [0.2, 0.25) is 0 Å². The van der Waals surface area contributed by atoms with Crippen molar-refractivity contribution in [2.45, 2.75) is 26.3 Å². The molecule has 2 N–H and O–H groups in total. The molecule has 0 bridgehead atoms. The van der Waals surface area contributed by atoms with Gasteiger partial charge in [0.25, 0.3) is 0 Å². The molecule has 0 saturated carbocycles. The van der Waals surface area contributed by atoms with Crippen LogP contribution in [0.1, 0.15) is 24.6 Å². The summed E-state index contributed by atoms with van der Waals surface area (Å²) < 4.78 is 2.05. The first kappa shape index (κ1) is 19.0. The van der Waals surface area contributed by atoms with Gasteiger partial charge in [-0.2, -0.15) is 0 Å². The predicted molar refractivity (Wildman–Crippen MR) is 104 cm³/mol. The maximum atomic E-state index is 4.66. The van der Waals surface area contributed by atoms with E-state index in [0.717, 1.165) is 32.1 Å². The van der Waals surface area contributed by atoms with Crippen molar-refractivity contribution in [1.29, 1.82) is 0 Å². The number of imidazole rings is 1. The fourth-order valence-electron chi connectivity index (χ4n) is 1.95. The van der Waals surface area contributed by atoms with Crippen molar-refractivity contribution in [3.8, 4) is 0 Å². The molecule has 2 aromatic rings. The van der Waals surface area contributed by atoms with Crippen molar-refractivity contribution in [3.05, 3.63) is 41.1 Å². The predicted octanol–water partition coefficient (Wildman–Crippen LogP) is 2.92. The number of rotatable bonds is 7. The molecular formula is C15H24IN5S. The zero-order valence-electron chi connectivity index (χ0n) is 13.0. The monoisotopic (exact) mass is 433 g/mol. The molecule has 2 aromatic heterocycles. The van der Waals surface area contributed by atoms with E-state index in [-0.39, 0.29) is 24.0 Å². The molecule has 22 heavy (non-hydrogen) atoms. The minimum atomic E-state index is 0. The van der Waals surface area contributed by atoms with E-state index in [0.29, 0.717) is 5.92 Å². The van der Waals surface area contributed by atoms with Gasteiger partial charge in [0, 0.05) is 42.8 Å². The quantitative estimate of drug-likeness (QED) is 0.401. The number of guanidine groups is 1. The highest BCUT2D eigenvalue weighted by molar-refractivity contribution is 14.0. The molecule has 2 heterocycles. The number of hydrogen-bond acceptors (Lipinski definition) is 3. The molecule has 0 fully saturated rings. The first-order chi connectivity index (χ1) is 10.3. The number of halogens is 1. The van der Waals surface area contributed by atoms with Gasteiger partial charge in [-0.1, -0.05) is 13.0 Å². The SMILES string of the molecule is CCNC(=NCC(C)c1cccs1)NCCn1ccnc1.I. The summed E-state index contributed by atoms with van der Waals surface area (Å²) in [5.74, 6) is 1.33. The maximum absolute atomic E-state index is 4.66. The van der Waals surface area contributed by atoms with Crippen LogP contribution in [-0.2, 0) is 6.54 Å². The summed E-state index contributed by atoms with van der Waals surface area (Å²) in [4.78, 5) is 10.1. The first-order valence-electron chi connectivity index (χ1n) is 7.31. The van der Waals surface area contributed by atoms with Crippen LogP contribution in [0.5, 0.6) is 0 Å². The second kappa shape index (κ2) is 10.6. The number of nitrogens with one attached hydrogen (secondary N) is 2. The highest BCUT2D eigenvalue weighted by Crippen LogP contribution is 2.20. The fraction of sp³-hybridized carbons (Fsp3) is 0.467. The van der Waals surface area contributed by atoms with Crippen LogP contribution in [0.3, 0.4) is 0 Å². The molecule has 2 rings (SSSR count). The van der Waals surface area contributed by atoms with Crippen LogP contribution in [0.15, 0.2) is 41.2 Å². The van der Waals surface area contributed by atoms with Crippen LogP contribution in [0.25, 0.3) is 0 Å². The van der Waals surface area contributed by atoms with Crippen LogP contribution in [0, 0.1) is 0 Å². The van der Waals surface area contributed by atoms with Gasteiger partial charge >= 0.3 is 0 Å². The van der Waals surface area contributed by atoms with Crippen molar-refractivity contribution in [3.63, 3.8) is 0 Å². The molecule has 1 unspecified atom stereocenters. The van der Waals surface area contributed by atoms with Crippen LogP contribution >= 0.6 is 35.3 Å². The van der Waals surface area contributed by atoms with Gasteiger partial charge in [0.2, 0.25) is 0 Å². The standard InChI is InChI=1S/C15H23N5S.HI/c1-3-17-15(18-7-9-20-8-6-16-12-20)19-11-13(2)14-5-4-10-21-14;/h4-6,8,10,12-13H,3,7,9,11H2,1-2H3,(H2,17,18,19);1H. The van der Waals surface area contributed by atoms with Crippen LogP contribution in [-0.4, -0.2) is 35.1 Å². The minimum Gasteiger partial charge on any atom is -0.357 e. The number of hydrogen-bond donors (Lipinski definition) is 2. The summed E-state index contributed by atoms with van der Waals surface area (Å²) >= 11 is 1.79. The largest absolute Gasteiger partial charge is 0.357 e. The molecule has 0 aliphatic carbocycles. The molecule has 0 amide bonds. The van der Waals surface area contributed by atoms with Crippen molar-refractivity contribution in [2.75, 3.05) is 19.6 Å². The first-order valence-corrected chi connectivity index (χ1v) is 8.19. The molecule has 5 nitrogen and oxygen atoms in total. The third-order valence-corrected chi connectivity index (χ3v) is 4.22. The zero-order chi connectivity index (χ0) is 14.9. The second-order valence-corrected chi connectivity index (χ2v) is 5.84. The number of aromatic nitrogens is 2. The molecular weight excluding hydrogens is 409 g/mol. The Morgan fingerprint density at radius 1 is 1.45 bits per heavy atom. The fourth-order valence-corrected chi connectivity index (χ4v) is 2.73. The Morgan fingerprint density at radius 3 is 2.95 bits per heavy atom. The third kappa shape index (κ3) is 6.35. The minimum absolute atomic E-state index is 0. The van der Waals surface area contributed by atoms with Gasteiger partial charge in [-0.15, -0.1) is 35.3 Å². The van der Waals surface area contributed by atoms with E-state index in [1.54, 1.807) is 17.5 Å². The van der Waals surface area contributed by atoms with E-state index >= 15 is 0 Å². The summed E-state index contributed by atoms with van der Waals surface area (Å²) in [7, 11) is 0. The lowest BCUT2D eigenvalue weighted by Crippen LogP contribution is -2.39. The zero-order valence-corrected chi connectivity index (χ0v) is 16.2. The number of nitrogens with zero attached hydrogens (tertiary/aromatic N) is 3. The highest BCUT2D eigenvalue weighted by Gasteiger charge is 2.06. The Balaban J connectivity index is 0.00000242. The average Bonchev–Trinajstić information content (AvgIpc) is 3.17. The molecule has 0 aliphatic rings. The van der Waals surface area contributed by atoms with E-state index < -0.39 is 0 Å². The van der Waals surface area contributed by atoms with Crippen molar-refractivity contribution in [2.24, 2.45) is 4.99 Å². The van der Waals surface area contributed by atoms with E-state index in [2.05, 4.69) is 52.0 Å². The van der Waals surface area contributed by atoms with Gasteiger partial charge in [-0.25, -0.2) is 4.98 Å². The molecule has 122 valence electrons. The van der Waals surface area contributed by atoms with Crippen molar-refractivity contribution in [1.82, 2.24) is 20.2 Å². The third-order valence-electron chi connectivity index (χ3n) is 3.12. The van der Waals surface area contributed by atoms with Gasteiger partial charge < -0.3 is 15.2 Å². The van der Waals surface area contributed by atoms with E-state index in [9.17, 15) is 0 Å². The molecule has 0 spiro atoms. The lowest BCUT2D eigenvalue weighted by molar-refractivity contribution is 0.659. The highest BCUT2D eigenvalue weighted by atomic mass is 127. The van der Waals surface area contributed by atoms with Crippen LogP contribution in [0.4, 0.5) is 0 Å². The molecule has 1 atom stereocenters. The maximum Gasteiger partial charge on any atom is 0.191 e. The summed E-state index contributed by atoms with van der Waals surface area (Å²) in [6.45, 7) is 7.66. The number of thiophene rings is 1. The van der Waals surface area contributed by atoms with Gasteiger partial charge in [0.15, 0.2) is 5.96 Å². The second-order valence-electron chi connectivity index (χ2n) is 4.86. The summed E-state index contributed by atoms with van der Waals surface area (Å²) in [5, 5.41) is 8.75. The normalized spacial score (nSPS) is 12.5. The van der Waals surface area contributed by atoms with E-state index in [1.807, 2.05) is 17.1 Å². The summed E-state index contributed by atoms with van der Waals surface area (Å²) in [6.07, 6.45) is 5.58. The number of aliphatic imine (C=N–C) groups is 1. The molecule has 0 radical (unpaired) electrons. The lowest BCUT2D eigenvalue weighted by Gasteiger charge is -2.13. The lowest BCUT2D eigenvalue weighted by atomic mass is 10.1. The Bertz CT molecular complexity index is 524. The van der Waals surface area contributed by atoms with Gasteiger partial charge in [0.05, 0.1) is 12.9 Å². The topological polar surface area (TPSA) is 54.2 Å². The Labute approximate surface area is 153 Å². The van der Waals surface area contributed by atoms with Gasteiger partial charge in [-0.3, -0.25) is 4.99 Å². The average molecular weight is 433 g/mol. The van der Waals surface area contributed by atoms with E-state index in [1.165, 1.54) is 4.88 Å². The Morgan fingerprint density at radius 2 is 2.32 bits per heavy atom. The summed E-state index contributed by atoms with van der Waals surface area (Å²) in [6, 6.07) is 4.26. The van der Waals surface area contributed by atoms with Crippen LogP contribution < -0.4 is 10.6 Å². The Kier molecular flexibility index (Phi) is 9.14. The molecule has 0 saturated heterocycles. The van der Waals surface area contributed by atoms with Crippen molar-refractivity contribution >= 4 is 41.3 Å².